The third-order valence-corrected chi connectivity index (χ3v) is 5.18. The van der Waals surface area contributed by atoms with Crippen molar-refractivity contribution in [3.05, 3.63) is 0 Å². The maximum absolute atomic E-state index is 3.68. The van der Waals surface area contributed by atoms with E-state index in [1.807, 2.05) is 0 Å². The van der Waals surface area contributed by atoms with Gasteiger partial charge in [-0.1, -0.05) is 34.6 Å². The lowest BCUT2D eigenvalue weighted by atomic mass is 9.63. The van der Waals surface area contributed by atoms with Crippen molar-refractivity contribution in [3.63, 3.8) is 0 Å². The van der Waals surface area contributed by atoms with E-state index in [0.717, 1.165) is 12.1 Å². The Morgan fingerprint density at radius 3 is 2.25 bits per heavy atom. The van der Waals surface area contributed by atoms with Gasteiger partial charge in [0, 0.05) is 18.6 Å². The zero-order valence-corrected chi connectivity index (χ0v) is 14.5. The summed E-state index contributed by atoms with van der Waals surface area (Å²) >= 11 is 0. The van der Waals surface area contributed by atoms with Gasteiger partial charge in [-0.25, -0.2) is 0 Å². The zero-order chi connectivity index (χ0) is 14.8. The number of nitrogens with one attached hydrogen (secondary N) is 1. The van der Waals surface area contributed by atoms with Crippen LogP contribution in [0.15, 0.2) is 0 Å². The highest BCUT2D eigenvalue weighted by Gasteiger charge is 2.40. The average molecular weight is 280 g/mol. The molecule has 2 rings (SSSR count). The van der Waals surface area contributed by atoms with Crippen LogP contribution in [0.1, 0.15) is 73.1 Å². The highest BCUT2D eigenvalue weighted by Crippen LogP contribution is 2.47. The molecule has 0 aromatic carbocycles. The van der Waals surface area contributed by atoms with Gasteiger partial charge >= 0.3 is 0 Å². The molecule has 0 bridgehead atoms. The van der Waals surface area contributed by atoms with E-state index >= 15 is 0 Å². The molecule has 1 heterocycles. The second-order valence-electron chi connectivity index (χ2n) is 8.86. The van der Waals surface area contributed by atoms with Gasteiger partial charge in [0.25, 0.3) is 0 Å². The first kappa shape index (κ1) is 16.3. The molecule has 1 aliphatic carbocycles. The first-order valence-electron chi connectivity index (χ1n) is 8.79. The van der Waals surface area contributed by atoms with E-state index in [1.165, 1.54) is 58.2 Å². The quantitative estimate of drug-likeness (QED) is 0.817. The number of rotatable bonds is 5. The van der Waals surface area contributed by atoms with Gasteiger partial charge in [0.15, 0.2) is 0 Å². The Labute approximate surface area is 126 Å². The Morgan fingerprint density at radius 1 is 1.10 bits per heavy atom. The molecule has 1 atom stereocenters. The average Bonchev–Trinajstić information content (AvgIpc) is 2.77. The maximum Gasteiger partial charge on any atom is 0.0195 e. The van der Waals surface area contributed by atoms with Gasteiger partial charge in [-0.3, -0.25) is 4.90 Å². The van der Waals surface area contributed by atoms with E-state index in [9.17, 15) is 0 Å². The van der Waals surface area contributed by atoms with Crippen LogP contribution in [-0.4, -0.2) is 36.6 Å². The first-order valence-corrected chi connectivity index (χ1v) is 8.79. The summed E-state index contributed by atoms with van der Waals surface area (Å²) in [5.74, 6) is 0. The molecule has 2 heteroatoms. The van der Waals surface area contributed by atoms with Crippen LogP contribution in [0.2, 0.25) is 0 Å². The van der Waals surface area contributed by atoms with Crippen molar-refractivity contribution >= 4 is 0 Å². The van der Waals surface area contributed by atoms with Crippen LogP contribution >= 0.6 is 0 Å². The van der Waals surface area contributed by atoms with E-state index in [-0.39, 0.29) is 0 Å². The van der Waals surface area contributed by atoms with Gasteiger partial charge in [0.2, 0.25) is 0 Å². The molecule has 1 saturated heterocycles. The van der Waals surface area contributed by atoms with Crippen molar-refractivity contribution in [2.45, 2.75) is 85.2 Å². The molecule has 1 unspecified atom stereocenters. The van der Waals surface area contributed by atoms with Crippen LogP contribution in [0.4, 0.5) is 0 Å². The summed E-state index contributed by atoms with van der Waals surface area (Å²) in [5.41, 5.74) is 1.00. The molecule has 1 aliphatic heterocycles. The molecular weight excluding hydrogens is 244 g/mol. The lowest BCUT2D eigenvalue weighted by molar-refractivity contribution is 0.0210. The summed E-state index contributed by atoms with van der Waals surface area (Å²) < 4.78 is 0. The van der Waals surface area contributed by atoms with E-state index in [4.69, 9.17) is 0 Å². The predicted octanol–water partition coefficient (Wildman–Crippen LogP) is 4.06. The topological polar surface area (TPSA) is 15.3 Å². The smallest absolute Gasteiger partial charge is 0.0195 e. The van der Waals surface area contributed by atoms with Crippen molar-refractivity contribution in [2.75, 3.05) is 19.6 Å². The van der Waals surface area contributed by atoms with Crippen molar-refractivity contribution in [1.82, 2.24) is 10.2 Å². The fourth-order valence-electron chi connectivity index (χ4n) is 4.95. The monoisotopic (exact) mass is 280 g/mol. The van der Waals surface area contributed by atoms with Gasteiger partial charge in [0.05, 0.1) is 0 Å². The first-order chi connectivity index (χ1) is 9.31. The molecule has 0 amide bonds. The van der Waals surface area contributed by atoms with E-state index < -0.39 is 0 Å². The van der Waals surface area contributed by atoms with E-state index in [0.29, 0.717) is 10.8 Å². The Morgan fingerprint density at radius 2 is 1.75 bits per heavy atom. The Bertz CT molecular complexity index is 287. The van der Waals surface area contributed by atoms with Gasteiger partial charge in [-0.2, -0.15) is 0 Å². The Balaban J connectivity index is 2.02. The van der Waals surface area contributed by atoms with Crippen LogP contribution in [0, 0.1) is 10.8 Å². The Hall–Kier alpha value is -0.0800. The lowest BCUT2D eigenvalue weighted by Gasteiger charge is -2.49. The lowest BCUT2D eigenvalue weighted by Crippen LogP contribution is -2.50. The molecule has 2 aliphatic rings. The molecule has 0 aromatic rings. The normalized spacial score (nSPS) is 30.0. The maximum atomic E-state index is 3.68. The minimum absolute atomic E-state index is 0.502. The third-order valence-electron chi connectivity index (χ3n) is 5.18. The Kier molecular flexibility index (Phi) is 5.18. The molecule has 1 saturated carbocycles. The summed E-state index contributed by atoms with van der Waals surface area (Å²) in [6.45, 7) is 16.0. The van der Waals surface area contributed by atoms with Crippen molar-refractivity contribution in [2.24, 2.45) is 10.8 Å². The van der Waals surface area contributed by atoms with Crippen molar-refractivity contribution in [3.8, 4) is 0 Å². The van der Waals surface area contributed by atoms with Crippen LogP contribution in [-0.2, 0) is 0 Å². The summed E-state index contributed by atoms with van der Waals surface area (Å²) in [4.78, 5) is 2.81. The molecule has 0 aromatic heterocycles. The van der Waals surface area contributed by atoms with Crippen molar-refractivity contribution < 1.29 is 0 Å². The van der Waals surface area contributed by atoms with Crippen LogP contribution in [0.5, 0.6) is 0 Å². The highest BCUT2D eigenvalue weighted by atomic mass is 15.2. The second kappa shape index (κ2) is 6.36. The van der Waals surface area contributed by atoms with Gasteiger partial charge < -0.3 is 5.32 Å². The SMILES string of the molecule is CCCN(CC1CCCN1)C1CC(C)(C)CC(C)(C)C1. The largest absolute Gasteiger partial charge is 0.313 e. The second-order valence-corrected chi connectivity index (χ2v) is 8.86. The molecule has 2 fully saturated rings. The molecule has 1 N–H and O–H groups in total. The molecule has 20 heavy (non-hydrogen) atoms. The third kappa shape index (κ3) is 4.46. The summed E-state index contributed by atoms with van der Waals surface area (Å²) in [6, 6.07) is 1.53. The van der Waals surface area contributed by atoms with Crippen LogP contribution in [0.25, 0.3) is 0 Å². The van der Waals surface area contributed by atoms with Gasteiger partial charge in [0.1, 0.15) is 0 Å². The fourth-order valence-corrected chi connectivity index (χ4v) is 4.95. The zero-order valence-electron chi connectivity index (χ0n) is 14.5. The summed E-state index contributed by atoms with van der Waals surface area (Å²) in [6.07, 6.45) is 8.15. The fraction of sp³-hybridized carbons (Fsp3) is 1.00. The van der Waals surface area contributed by atoms with Gasteiger partial charge in [-0.15, -0.1) is 0 Å². The van der Waals surface area contributed by atoms with Crippen LogP contribution < -0.4 is 5.32 Å². The molecule has 0 spiro atoms. The van der Waals surface area contributed by atoms with Gasteiger partial charge in [-0.05, 0) is 62.4 Å². The van der Waals surface area contributed by atoms with E-state index in [1.54, 1.807) is 0 Å². The predicted molar refractivity (Wildman–Crippen MR) is 88.1 cm³/mol. The van der Waals surface area contributed by atoms with E-state index in [2.05, 4.69) is 44.8 Å². The molecule has 0 radical (unpaired) electrons. The molecule has 118 valence electrons. The molecule has 2 nitrogen and oxygen atoms in total. The van der Waals surface area contributed by atoms with Crippen LogP contribution in [0.3, 0.4) is 0 Å². The number of hydrogen-bond acceptors (Lipinski definition) is 2. The highest BCUT2D eigenvalue weighted by molar-refractivity contribution is 4.94. The minimum atomic E-state index is 0.502. The van der Waals surface area contributed by atoms with Crippen molar-refractivity contribution in [1.29, 1.82) is 0 Å². The molecular formula is C18H36N2. The summed E-state index contributed by atoms with van der Waals surface area (Å²) in [5, 5.41) is 3.68. The summed E-state index contributed by atoms with van der Waals surface area (Å²) in [7, 11) is 0. The standard InChI is InChI=1S/C18H36N2/c1-6-10-20(13-15-8-7-9-19-15)16-11-17(2,3)14-18(4,5)12-16/h15-16,19H,6-14H2,1-5H3. The number of nitrogens with zero attached hydrogens (tertiary/aromatic N) is 1. The minimum Gasteiger partial charge on any atom is -0.313 e. The number of hydrogen-bond donors (Lipinski definition) is 1.